The van der Waals surface area contributed by atoms with Gasteiger partial charge in [-0.2, -0.15) is 0 Å². The number of nitrogens with zero attached hydrogens (tertiary/aromatic N) is 1. The molecule has 1 heterocycles. The standard InChI is InChI=1S/C9H17NO/c1-10-4-3-7-5-8(11-2)6-9(7)10/h7-9H,3-6H2,1-2H3/t7-,8?,9+/m0/s1. The van der Waals surface area contributed by atoms with Crippen molar-refractivity contribution in [2.75, 3.05) is 20.7 Å². The summed E-state index contributed by atoms with van der Waals surface area (Å²) in [5, 5.41) is 0. The Bertz CT molecular complexity index is 148. The minimum Gasteiger partial charge on any atom is -0.381 e. The van der Waals surface area contributed by atoms with Crippen LogP contribution in [-0.4, -0.2) is 37.7 Å². The number of methoxy groups -OCH3 is 1. The van der Waals surface area contributed by atoms with E-state index in [9.17, 15) is 0 Å². The Morgan fingerprint density at radius 2 is 2.18 bits per heavy atom. The third kappa shape index (κ3) is 1.18. The number of rotatable bonds is 1. The maximum Gasteiger partial charge on any atom is 0.0589 e. The van der Waals surface area contributed by atoms with Gasteiger partial charge in [0.15, 0.2) is 0 Å². The van der Waals surface area contributed by atoms with E-state index < -0.39 is 0 Å². The maximum atomic E-state index is 5.37. The number of hydrogen-bond acceptors (Lipinski definition) is 2. The van der Waals surface area contributed by atoms with Crippen molar-refractivity contribution in [1.82, 2.24) is 4.90 Å². The molecule has 1 saturated heterocycles. The van der Waals surface area contributed by atoms with Crippen LogP contribution in [0.3, 0.4) is 0 Å². The number of fused-ring (bicyclic) bond motifs is 1. The molecule has 1 unspecified atom stereocenters. The van der Waals surface area contributed by atoms with Crippen molar-refractivity contribution in [2.45, 2.75) is 31.4 Å². The molecule has 0 aromatic heterocycles. The van der Waals surface area contributed by atoms with E-state index in [1.165, 1.54) is 25.8 Å². The van der Waals surface area contributed by atoms with E-state index in [1.54, 1.807) is 0 Å². The largest absolute Gasteiger partial charge is 0.381 e. The molecule has 2 aliphatic rings. The van der Waals surface area contributed by atoms with Crippen LogP contribution in [0.15, 0.2) is 0 Å². The van der Waals surface area contributed by atoms with Crippen LogP contribution in [0.25, 0.3) is 0 Å². The summed E-state index contributed by atoms with van der Waals surface area (Å²) >= 11 is 0. The van der Waals surface area contributed by atoms with Crippen LogP contribution in [0.4, 0.5) is 0 Å². The van der Waals surface area contributed by atoms with Gasteiger partial charge in [-0.1, -0.05) is 0 Å². The van der Waals surface area contributed by atoms with Crippen LogP contribution in [0.1, 0.15) is 19.3 Å². The molecule has 2 heteroatoms. The van der Waals surface area contributed by atoms with Crippen LogP contribution in [0.5, 0.6) is 0 Å². The second kappa shape index (κ2) is 2.76. The molecule has 0 N–H and O–H groups in total. The van der Waals surface area contributed by atoms with Crippen LogP contribution in [0, 0.1) is 5.92 Å². The minimum atomic E-state index is 0.549. The quantitative estimate of drug-likeness (QED) is 0.562. The summed E-state index contributed by atoms with van der Waals surface area (Å²) in [5.74, 6) is 0.935. The molecule has 2 fully saturated rings. The van der Waals surface area contributed by atoms with E-state index in [1.807, 2.05) is 7.11 Å². The lowest BCUT2D eigenvalue weighted by molar-refractivity contribution is 0.0971. The molecule has 3 atom stereocenters. The summed E-state index contributed by atoms with van der Waals surface area (Å²) < 4.78 is 5.37. The van der Waals surface area contributed by atoms with Crippen molar-refractivity contribution in [1.29, 1.82) is 0 Å². The molecule has 0 bridgehead atoms. The summed E-state index contributed by atoms with van der Waals surface area (Å²) in [6, 6.07) is 0.833. The fourth-order valence-corrected chi connectivity index (χ4v) is 2.63. The molecule has 64 valence electrons. The molecule has 2 nitrogen and oxygen atoms in total. The third-order valence-corrected chi connectivity index (χ3v) is 3.37. The number of hydrogen-bond donors (Lipinski definition) is 0. The van der Waals surface area contributed by atoms with E-state index in [-0.39, 0.29) is 0 Å². The van der Waals surface area contributed by atoms with Gasteiger partial charge in [0.1, 0.15) is 0 Å². The zero-order valence-corrected chi connectivity index (χ0v) is 7.42. The molecule has 0 aromatic carbocycles. The molecular formula is C9H17NO. The molecule has 0 amide bonds. The summed E-state index contributed by atoms with van der Waals surface area (Å²) in [6.07, 6.45) is 4.50. The summed E-state index contributed by atoms with van der Waals surface area (Å²) in [4.78, 5) is 2.49. The zero-order valence-electron chi connectivity index (χ0n) is 7.42. The second-order valence-corrected chi connectivity index (χ2v) is 3.93. The first-order chi connectivity index (χ1) is 5.31. The average molecular weight is 155 g/mol. The van der Waals surface area contributed by atoms with Crippen molar-refractivity contribution in [3.63, 3.8) is 0 Å². The second-order valence-electron chi connectivity index (χ2n) is 3.93. The van der Waals surface area contributed by atoms with Gasteiger partial charge in [-0.25, -0.2) is 0 Å². The van der Waals surface area contributed by atoms with E-state index in [2.05, 4.69) is 11.9 Å². The fraction of sp³-hybridized carbons (Fsp3) is 1.00. The Balaban J connectivity index is 1.98. The average Bonchev–Trinajstić information content (AvgIpc) is 2.53. The molecule has 2 rings (SSSR count). The predicted octanol–water partition coefficient (Wildman–Crippen LogP) is 1.12. The Morgan fingerprint density at radius 1 is 1.36 bits per heavy atom. The smallest absolute Gasteiger partial charge is 0.0589 e. The van der Waals surface area contributed by atoms with Gasteiger partial charge in [0.25, 0.3) is 0 Å². The van der Waals surface area contributed by atoms with Crippen molar-refractivity contribution in [3.8, 4) is 0 Å². The maximum absolute atomic E-state index is 5.37. The lowest BCUT2D eigenvalue weighted by atomic mass is 10.1. The van der Waals surface area contributed by atoms with E-state index in [0.717, 1.165) is 12.0 Å². The van der Waals surface area contributed by atoms with Gasteiger partial charge in [0.05, 0.1) is 6.10 Å². The van der Waals surface area contributed by atoms with Crippen LogP contribution < -0.4 is 0 Å². The zero-order chi connectivity index (χ0) is 7.84. The van der Waals surface area contributed by atoms with Crippen LogP contribution in [0.2, 0.25) is 0 Å². The Hall–Kier alpha value is -0.0800. The monoisotopic (exact) mass is 155 g/mol. The van der Waals surface area contributed by atoms with Gasteiger partial charge in [-0.05, 0) is 38.8 Å². The Kier molecular flexibility index (Phi) is 1.90. The van der Waals surface area contributed by atoms with E-state index in [4.69, 9.17) is 4.74 Å². The summed E-state index contributed by atoms with van der Waals surface area (Å²) in [6.45, 7) is 1.30. The Labute approximate surface area is 68.5 Å². The predicted molar refractivity (Wildman–Crippen MR) is 44.6 cm³/mol. The topological polar surface area (TPSA) is 12.5 Å². The summed E-state index contributed by atoms with van der Waals surface area (Å²) in [5.41, 5.74) is 0. The number of ether oxygens (including phenoxy) is 1. The number of likely N-dealkylation sites (tertiary alicyclic amines) is 1. The molecule has 1 aliphatic heterocycles. The molecule has 1 aliphatic carbocycles. The highest BCUT2D eigenvalue weighted by Crippen LogP contribution is 2.37. The third-order valence-electron chi connectivity index (χ3n) is 3.37. The van der Waals surface area contributed by atoms with Gasteiger partial charge in [0, 0.05) is 13.2 Å². The normalized spacial score (nSPS) is 44.7. The van der Waals surface area contributed by atoms with Gasteiger partial charge in [-0.3, -0.25) is 0 Å². The molecule has 11 heavy (non-hydrogen) atoms. The molecule has 1 saturated carbocycles. The van der Waals surface area contributed by atoms with Gasteiger partial charge < -0.3 is 9.64 Å². The molecular weight excluding hydrogens is 138 g/mol. The van der Waals surface area contributed by atoms with Gasteiger partial charge in [0.2, 0.25) is 0 Å². The fourth-order valence-electron chi connectivity index (χ4n) is 2.63. The summed E-state index contributed by atoms with van der Waals surface area (Å²) in [7, 11) is 4.08. The highest BCUT2D eigenvalue weighted by atomic mass is 16.5. The van der Waals surface area contributed by atoms with Crippen LogP contribution in [-0.2, 0) is 4.74 Å². The van der Waals surface area contributed by atoms with Crippen molar-refractivity contribution >= 4 is 0 Å². The SMILES string of the molecule is COC1C[C@@H]2CCN(C)[C@@H]2C1. The van der Waals surface area contributed by atoms with E-state index >= 15 is 0 Å². The molecule has 0 radical (unpaired) electrons. The lowest BCUT2D eigenvalue weighted by Gasteiger charge is -2.17. The molecule has 0 aromatic rings. The van der Waals surface area contributed by atoms with E-state index in [0.29, 0.717) is 6.10 Å². The van der Waals surface area contributed by atoms with Crippen LogP contribution >= 0.6 is 0 Å². The first-order valence-electron chi connectivity index (χ1n) is 4.54. The first-order valence-corrected chi connectivity index (χ1v) is 4.54. The minimum absolute atomic E-state index is 0.549. The van der Waals surface area contributed by atoms with Crippen molar-refractivity contribution in [3.05, 3.63) is 0 Å². The van der Waals surface area contributed by atoms with Crippen molar-refractivity contribution in [2.24, 2.45) is 5.92 Å². The van der Waals surface area contributed by atoms with Gasteiger partial charge >= 0.3 is 0 Å². The highest BCUT2D eigenvalue weighted by Gasteiger charge is 2.40. The highest BCUT2D eigenvalue weighted by molar-refractivity contribution is 4.94. The van der Waals surface area contributed by atoms with Gasteiger partial charge in [-0.15, -0.1) is 0 Å². The van der Waals surface area contributed by atoms with Crippen molar-refractivity contribution < 1.29 is 4.74 Å². The Morgan fingerprint density at radius 3 is 2.82 bits per heavy atom. The lowest BCUT2D eigenvalue weighted by Crippen LogP contribution is -2.26. The first kappa shape index (κ1) is 7.56. The molecule has 0 spiro atoms.